The first-order valence-electron chi connectivity index (χ1n) is 11.3. The monoisotopic (exact) mass is 470 g/mol. The van der Waals surface area contributed by atoms with Crippen molar-refractivity contribution in [2.45, 2.75) is 39.0 Å². The number of hydrogen-bond acceptors (Lipinski definition) is 7. The number of ether oxygens (including phenoxy) is 3. The van der Waals surface area contributed by atoms with E-state index in [-0.39, 0.29) is 29.7 Å². The van der Waals surface area contributed by atoms with Crippen LogP contribution < -0.4 is 10.1 Å². The van der Waals surface area contributed by atoms with Crippen LogP contribution in [0.2, 0.25) is 0 Å². The van der Waals surface area contributed by atoms with E-state index < -0.39 is 16.3 Å². The number of amides is 1. The van der Waals surface area contributed by atoms with Gasteiger partial charge in [-0.3, -0.25) is 14.9 Å². The van der Waals surface area contributed by atoms with Crippen LogP contribution in [0.1, 0.15) is 49.5 Å². The standard InChI is InChI=1S/C25H30N2O7/c1-4-33-23(28)21-15-19(7-10-22(21)34-16-17(2)3)26-24(29)25(11-13-32-14-12-25)18-5-8-20(9-6-18)27(30)31/h5-10,15,17H,4,11-14,16H2,1-3H3,(H,26,29). The molecule has 0 saturated carbocycles. The second kappa shape index (κ2) is 11.1. The van der Waals surface area contributed by atoms with E-state index in [9.17, 15) is 19.7 Å². The van der Waals surface area contributed by atoms with Gasteiger partial charge in [-0.2, -0.15) is 0 Å². The molecule has 0 aromatic heterocycles. The Bertz CT molecular complexity index is 1030. The average Bonchev–Trinajstić information content (AvgIpc) is 2.83. The highest BCUT2D eigenvalue weighted by Gasteiger charge is 2.42. The van der Waals surface area contributed by atoms with E-state index in [4.69, 9.17) is 14.2 Å². The first-order valence-corrected chi connectivity index (χ1v) is 11.3. The van der Waals surface area contributed by atoms with Gasteiger partial charge in [-0.25, -0.2) is 4.79 Å². The fraction of sp³-hybridized carbons (Fsp3) is 0.440. The molecular formula is C25H30N2O7. The molecule has 0 bridgehead atoms. The maximum atomic E-state index is 13.6. The van der Waals surface area contributed by atoms with Crippen molar-refractivity contribution in [3.63, 3.8) is 0 Å². The summed E-state index contributed by atoms with van der Waals surface area (Å²) in [7, 11) is 0. The van der Waals surface area contributed by atoms with E-state index in [0.29, 0.717) is 49.7 Å². The number of esters is 1. The Balaban J connectivity index is 1.90. The molecule has 1 saturated heterocycles. The van der Waals surface area contributed by atoms with Crippen molar-refractivity contribution in [2.24, 2.45) is 5.92 Å². The minimum Gasteiger partial charge on any atom is -0.492 e. The predicted molar refractivity (Wildman–Crippen MR) is 126 cm³/mol. The Kier molecular flexibility index (Phi) is 8.22. The molecule has 1 N–H and O–H groups in total. The van der Waals surface area contributed by atoms with Crippen LogP contribution in [0.3, 0.4) is 0 Å². The van der Waals surface area contributed by atoms with E-state index >= 15 is 0 Å². The molecule has 0 atom stereocenters. The van der Waals surface area contributed by atoms with E-state index in [1.807, 2.05) is 13.8 Å². The van der Waals surface area contributed by atoms with Gasteiger partial charge in [0.1, 0.15) is 11.3 Å². The normalized spacial score (nSPS) is 14.9. The van der Waals surface area contributed by atoms with Crippen LogP contribution in [-0.4, -0.2) is 43.2 Å². The molecule has 0 unspecified atom stereocenters. The van der Waals surface area contributed by atoms with E-state index in [0.717, 1.165) is 0 Å². The second-order valence-electron chi connectivity index (χ2n) is 8.59. The zero-order valence-electron chi connectivity index (χ0n) is 19.7. The number of nitro groups is 1. The smallest absolute Gasteiger partial charge is 0.341 e. The number of rotatable bonds is 9. The molecule has 1 fully saturated rings. The molecule has 0 radical (unpaired) electrons. The number of nitro benzene ring substituents is 1. The van der Waals surface area contributed by atoms with Crippen molar-refractivity contribution in [3.8, 4) is 5.75 Å². The minimum absolute atomic E-state index is 0.0394. The molecule has 9 heteroatoms. The summed E-state index contributed by atoms with van der Waals surface area (Å²) in [4.78, 5) is 36.7. The van der Waals surface area contributed by atoms with Crippen LogP contribution in [0.25, 0.3) is 0 Å². The molecule has 1 aliphatic rings. The van der Waals surface area contributed by atoms with Crippen LogP contribution in [0.4, 0.5) is 11.4 Å². The first kappa shape index (κ1) is 25.2. The van der Waals surface area contributed by atoms with Crippen LogP contribution >= 0.6 is 0 Å². The summed E-state index contributed by atoms with van der Waals surface area (Å²) in [6.45, 7) is 7.15. The summed E-state index contributed by atoms with van der Waals surface area (Å²) in [5.41, 5.74) is 0.391. The molecule has 0 spiro atoms. The number of carbonyl (C=O) groups is 2. The quantitative estimate of drug-likeness (QED) is 0.326. The van der Waals surface area contributed by atoms with Crippen molar-refractivity contribution in [1.82, 2.24) is 0 Å². The van der Waals surface area contributed by atoms with Gasteiger partial charge in [0, 0.05) is 31.0 Å². The Morgan fingerprint density at radius 2 is 1.82 bits per heavy atom. The SMILES string of the molecule is CCOC(=O)c1cc(NC(=O)C2(c3ccc([N+](=O)[O-])cc3)CCOCC2)ccc1OCC(C)C. The number of anilines is 1. The number of carbonyl (C=O) groups excluding carboxylic acids is 2. The minimum atomic E-state index is -0.912. The number of non-ortho nitro benzene ring substituents is 1. The highest BCUT2D eigenvalue weighted by atomic mass is 16.6. The molecular weight excluding hydrogens is 440 g/mol. The van der Waals surface area contributed by atoms with Crippen LogP contribution in [0.5, 0.6) is 5.75 Å². The molecule has 182 valence electrons. The topological polar surface area (TPSA) is 117 Å². The maximum absolute atomic E-state index is 13.6. The molecule has 34 heavy (non-hydrogen) atoms. The fourth-order valence-corrected chi connectivity index (χ4v) is 3.88. The highest BCUT2D eigenvalue weighted by Crippen LogP contribution is 2.37. The largest absolute Gasteiger partial charge is 0.492 e. The number of benzene rings is 2. The molecule has 1 amide bonds. The Morgan fingerprint density at radius 1 is 1.15 bits per heavy atom. The lowest BCUT2D eigenvalue weighted by molar-refractivity contribution is -0.384. The van der Waals surface area contributed by atoms with Gasteiger partial charge in [-0.1, -0.05) is 26.0 Å². The summed E-state index contributed by atoms with van der Waals surface area (Å²) < 4.78 is 16.4. The third-order valence-electron chi connectivity index (χ3n) is 5.72. The van der Waals surface area contributed by atoms with Gasteiger partial charge in [0.15, 0.2) is 0 Å². The Morgan fingerprint density at radius 3 is 2.41 bits per heavy atom. The third kappa shape index (κ3) is 5.72. The summed E-state index contributed by atoms with van der Waals surface area (Å²) in [5, 5.41) is 14.0. The molecule has 1 aliphatic heterocycles. The second-order valence-corrected chi connectivity index (χ2v) is 8.59. The van der Waals surface area contributed by atoms with E-state index in [1.165, 1.54) is 12.1 Å². The zero-order valence-corrected chi connectivity index (χ0v) is 19.7. The lowest BCUT2D eigenvalue weighted by Crippen LogP contribution is -2.44. The van der Waals surface area contributed by atoms with Gasteiger partial charge in [-0.15, -0.1) is 0 Å². The molecule has 0 aliphatic carbocycles. The van der Waals surface area contributed by atoms with Crippen molar-refractivity contribution >= 4 is 23.3 Å². The van der Waals surface area contributed by atoms with Gasteiger partial charge in [0.2, 0.25) is 5.91 Å². The summed E-state index contributed by atoms with van der Waals surface area (Å²) in [6.07, 6.45) is 0.855. The summed E-state index contributed by atoms with van der Waals surface area (Å²) in [5.74, 6) is -0.144. The van der Waals surface area contributed by atoms with Gasteiger partial charge in [0.05, 0.1) is 23.6 Å². The Hall–Kier alpha value is -3.46. The molecule has 9 nitrogen and oxygen atoms in total. The zero-order chi connectivity index (χ0) is 24.7. The summed E-state index contributed by atoms with van der Waals surface area (Å²) >= 11 is 0. The number of nitrogens with zero attached hydrogens (tertiary/aromatic N) is 1. The van der Waals surface area contributed by atoms with Crippen LogP contribution in [0.15, 0.2) is 42.5 Å². The summed E-state index contributed by atoms with van der Waals surface area (Å²) in [6, 6.07) is 10.9. The van der Waals surface area contributed by atoms with Gasteiger partial charge < -0.3 is 19.5 Å². The number of hydrogen-bond donors (Lipinski definition) is 1. The van der Waals surface area contributed by atoms with Gasteiger partial charge in [0.25, 0.3) is 5.69 Å². The predicted octanol–water partition coefficient (Wildman–Crippen LogP) is 4.49. The third-order valence-corrected chi connectivity index (χ3v) is 5.72. The van der Waals surface area contributed by atoms with Gasteiger partial charge in [-0.05, 0) is 49.4 Å². The number of nitrogens with one attached hydrogen (secondary N) is 1. The maximum Gasteiger partial charge on any atom is 0.341 e. The molecule has 2 aromatic rings. The van der Waals surface area contributed by atoms with Crippen molar-refractivity contribution in [3.05, 3.63) is 63.7 Å². The first-order chi connectivity index (χ1) is 16.3. The van der Waals surface area contributed by atoms with Crippen LogP contribution in [-0.2, 0) is 19.7 Å². The molecule has 2 aromatic carbocycles. The van der Waals surface area contributed by atoms with E-state index in [2.05, 4.69) is 5.32 Å². The molecule has 3 rings (SSSR count). The van der Waals surface area contributed by atoms with E-state index in [1.54, 1.807) is 37.3 Å². The van der Waals surface area contributed by atoms with Crippen molar-refractivity contribution < 1.29 is 28.7 Å². The van der Waals surface area contributed by atoms with Gasteiger partial charge >= 0.3 is 5.97 Å². The highest BCUT2D eigenvalue weighted by molar-refractivity contribution is 6.01. The Labute approximate surface area is 198 Å². The lowest BCUT2D eigenvalue weighted by Gasteiger charge is -2.36. The molecule has 1 heterocycles. The fourth-order valence-electron chi connectivity index (χ4n) is 3.88. The van der Waals surface area contributed by atoms with Crippen molar-refractivity contribution in [2.75, 3.05) is 31.7 Å². The van der Waals surface area contributed by atoms with Crippen molar-refractivity contribution in [1.29, 1.82) is 0 Å². The van der Waals surface area contributed by atoms with Crippen LogP contribution in [0, 0.1) is 16.0 Å². The average molecular weight is 471 g/mol. The lowest BCUT2D eigenvalue weighted by atomic mass is 9.73.